The standard InChI is InChI=1S/C16H16FNO2/c1-11(19)10-18-16(20)14-4-2-12(3-5-14)13-6-8-15(17)9-7-13/h2-9,11,19H,10H2,1H3,(H,18,20)/t11-/m0/s1. The van der Waals surface area contributed by atoms with Gasteiger partial charge >= 0.3 is 0 Å². The second kappa shape index (κ2) is 6.30. The third kappa shape index (κ3) is 3.65. The van der Waals surface area contributed by atoms with Crippen LogP contribution in [-0.4, -0.2) is 23.7 Å². The number of hydrogen-bond donors (Lipinski definition) is 2. The molecule has 0 aromatic heterocycles. The molecule has 2 N–H and O–H groups in total. The maximum absolute atomic E-state index is 12.8. The van der Waals surface area contributed by atoms with Crippen LogP contribution in [0.1, 0.15) is 17.3 Å². The fraction of sp³-hybridized carbons (Fsp3) is 0.188. The Kier molecular flexibility index (Phi) is 4.48. The Balaban J connectivity index is 2.10. The van der Waals surface area contributed by atoms with Crippen LogP contribution in [0.2, 0.25) is 0 Å². The lowest BCUT2D eigenvalue weighted by Crippen LogP contribution is -2.30. The first-order chi connectivity index (χ1) is 9.56. The topological polar surface area (TPSA) is 49.3 Å². The Morgan fingerprint density at radius 1 is 1.10 bits per heavy atom. The SMILES string of the molecule is C[C@H](O)CNC(=O)c1ccc(-c2ccc(F)cc2)cc1. The molecule has 4 heteroatoms. The van der Waals surface area contributed by atoms with Gasteiger partial charge in [0.1, 0.15) is 5.82 Å². The summed E-state index contributed by atoms with van der Waals surface area (Å²) in [7, 11) is 0. The monoisotopic (exact) mass is 273 g/mol. The van der Waals surface area contributed by atoms with Crippen LogP contribution in [0.15, 0.2) is 48.5 Å². The summed E-state index contributed by atoms with van der Waals surface area (Å²) in [6.07, 6.45) is -0.572. The van der Waals surface area contributed by atoms with Crippen molar-refractivity contribution < 1.29 is 14.3 Å². The van der Waals surface area contributed by atoms with Crippen LogP contribution in [0.3, 0.4) is 0 Å². The van der Waals surface area contributed by atoms with Crippen LogP contribution in [0.4, 0.5) is 4.39 Å². The summed E-state index contributed by atoms with van der Waals surface area (Å²) in [4.78, 5) is 11.8. The van der Waals surface area contributed by atoms with Gasteiger partial charge in [-0.3, -0.25) is 4.79 Å². The molecular formula is C16H16FNO2. The third-order valence-electron chi connectivity index (χ3n) is 2.88. The Morgan fingerprint density at radius 2 is 1.60 bits per heavy atom. The fourth-order valence-electron chi connectivity index (χ4n) is 1.80. The van der Waals surface area contributed by atoms with Crippen molar-refractivity contribution in [2.75, 3.05) is 6.54 Å². The van der Waals surface area contributed by atoms with Crippen molar-refractivity contribution in [1.29, 1.82) is 0 Å². The Labute approximate surface area is 117 Å². The zero-order valence-electron chi connectivity index (χ0n) is 11.1. The number of benzene rings is 2. The van der Waals surface area contributed by atoms with Crippen molar-refractivity contribution in [2.45, 2.75) is 13.0 Å². The average molecular weight is 273 g/mol. The molecule has 104 valence electrons. The van der Waals surface area contributed by atoms with Crippen LogP contribution in [-0.2, 0) is 0 Å². The van der Waals surface area contributed by atoms with Crippen molar-refractivity contribution >= 4 is 5.91 Å². The molecule has 2 rings (SSSR count). The van der Waals surface area contributed by atoms with Gasteiger partial charge in [-0.25, -0.2) is 4.39 Å². The molecule has 2 aromatic rings. The first kappa shape index (κ1) is 14.2. The van der Waals surface area contributed by atoms with Crippen LogP contribution in [0.25, 0.3) is 11.1 Å². The highest BCUT2D eigenvalue weighted by Gasteiger charge is 2.06. The van der Waals surface area contributed by atoms with E-state index in [1.54, 1.807) is 31.2 Å². The van der Waals surface area contributed by atoms with E-state index in [9.17, 15) is 9.18 Å². The average Bonchev–Trinajstić information content (AvgIpc) is 2.46. The smallest absolute Gasteiger partial charge is 0.251 e. The summed E-state index contributed by atoms with van der Waals surface area (Å²) >= 11 is 0. The minimum atomic E-state index is -0.572. The number of halogens is 1. The van der Waals surface area contributed by atoms with Crippen LogP contribution >= 0.6 is 0 Å². The molecule has 0 aliphatic carbocycles. The summed E-state index contributed by atoms with van der Waals surface area (Å²) in [5.74, 6) is -0.501. The van der Waals surface area contributed by atoms with Gasteiger partial charge in [-0.15, -0.1) is 0 Å². The molecule has 1 atom stereocenters. The van der Waals surface area contributed by atoms with Crippen molar-refractivity contribution in [3.63, 3.8) is 0 Å². The second-order valence-corrected chi connectivity index (χ2v) is 4.64. The number of aliphatic hydroxyl groups excluding tert-OH is 1. The highest BCUT2D eigenvalue weighted by atomic mass is 19.1. The highest BCUT2D eigenvalue weighted by Crippen LogP contribution is 2.20. The Hall–Kier alpha value is -2.20. The van der Waals surface area contributed by atoms with E-state index >= 15 is 0 Å². The first-order valence-corrected chi connectivity index (χ1v) is 6.38. The van der Waals surface area contributed by atoms with Gasteiger partial charge in [0.25, 0.3) is 5.91 Å². The molecule has 0 aliphatic rings. The number of carbonyl (C=O) groups is 1. The molecule has 0 fully saturated rings. The van der Waals surface area contributed by atoms with E-state index in [4.69, 9.17) is 5.11 Å². The van der Waals surface area contributed by atoms with Crippen LogP contribution < -0.4 is 5.32 Å². The lowest BCUT2D eigenvalue weighted by molar-refractivity contribution is 0.0924. The largest absolute Gasteiger partial charge is 0.392 e. The van der Waals surface area contributed by atoms with E-state index in [0.717, 1.165) is 11.1 Å². The van der Waals surface area contributed by atoms with Gasteiger partial charge in [0, 0.05) is 12.1 Å². The normalized spacial score (nSPS) is 11.9. The van der Waals surface area contributed by atoms with Gasteiger partial charge in [-0.05, 0) is 42.3 Å². The Bertz CT molecular complexity index is 576. The molecule has 3 nitrogen and oxygen atoms in total. The molecule has 0 heterocycles. The van der Waals surface area contributed by atoms with Crippen molar-refractivity contribution in [3.05, 3.63) is 59.9 Å². The molecule has 0 aliphatic heterocycles. The van der Waals surface area contributed by atoms with Crippen molar-refractivity contribution in [1.82, 2.24) is 5.32 Å². The minimum Gasteiger partial charge on any atom is -0.392 e. The van der Waals surface area contributed by atoms with Gasteiger partial charge in [0.05, 0.1) is 6.10 Å². The van der Waals surface area contributed by atoms with Gasteiger partial charge in [-0.1, -0.05) is 24.3 Å². The predicted octanol–water partition coefficient (Wildman–Crippen LogP) is 2.60. The van der Waals surface area contributed by atoms with Crippen LogP contribution in [0, 0.1) is 5.82 Å². The molecule has 0 saturated heterocycles. The van der Waals surface area contributed by atoms with E-state index < -0.39 is 6.10 Å². The maximum atomic E-state index is 12.8. The van der Waals surface area contributed by atoms with Gasteiger partial charge < -0.3 is 10.4 Å². The fourth-order valence-corrected chi connectivity index (χ4v) is 1.80. The summed E-state index contributed by atoms with van der Waals surface area (Å²) in [5.41, 5.74) is 2.33. The third-order valence-corrected chi connectivity index (χ3v) is 2.88. The molecule has 0 radical (unpaired) electrons. The number of amides is 1. The summed E-state index contributed by atoms with van der Waals surface area (Å²) in [5, 5.41) is 11.7. The number of aliphatic hydroxyl groups is 1. The van der Waals surface area contributed by atoms with Gasteiger partial charge in [-0.2, -0.15) is 0 Å². The molecule has 0 unspecified atom stereocenters. The van der Waals surface area contributed by atoms with E-state index in [1.807, 2.05) is 12.1 Å². The van der Waals surface area contributed by atoms with Crippen LogP contribution in [0.5, 0.6) is 0 Å². The Morgan fingerprint density at radius 3 is 2.10 bits per heavy atom. The van der Waals surface area contributed by atoms with E-state index in [2.05, 4.69) is 5.32 Å². The molecule has 1 amide bonds. The molecular weight excluding hydrogens is 257 g/mol. The molecule has 0 saturated carbocycles. The molecule has 0 spiro atoms. The number of carbonyl (C=O) groups excluding carboxylic acids is 1. The number of hydrogen-bond acceptors (Lipinski definition) is 2. The lowest BCUT2D eigenvalue weighted by atomic mass is 10.0. The van der Waals surface area contributed by atoms with E-state index in [1.165, 1.54) is 12.1 Å². The quantitative estimate of drug-likeness (QED) is 0.899. The maximum Gasteiger partial charge on any atom is 0.251 e. The zero-order valence-corrected chi connectivity index (χ0v) is 11.1. The van der Waals surface area contributed by atoms with Crippen molar-refractivity contribution in [2.24, 2.45) is 0 Å². The van der Waals surface area contributed by atoms with E-state index in [0.29, 0.717) is 5.56 Å². The lowest BCUT2D eigenvalue weighted by Gasteiger charge is -2.08. The summed E-state index contributed by atoms with van der Waals surface area (Å²) in [6, 6.07) is 13.2. The number of rotatable bonds is 4. The molecule has 2 aromatic carbocycles. The molecule has 20 heavy (non-hydrogen) atoms. The minimum absolute atomic E-state index is 0.221. The van der Waals surface area contributed by atoms with Gasteiger partial charge in [0.2, 0.25) is 0 Å². The second-order valence-electron chi connectivity index (χ2n) is 4.64. The number of nitrogens with one attached hydrogen (secondary N) is 1. The van der Waals surface area contributed by atoms with E-state index in [-0.39, 0.29) is 18.3 Å². The summed E-state index contributed by atoms with van der Waals surface area (Å²) in [6.45, 7) is 1.83. The molecule has 0 bridgehead atoms. The van der Waals surface area contributed by atoms with Crippen molar-refractivity contribution in [3.8, 4) is 11.1 Å². The summed E-state index contributed by atoms with van der Waals surface area (Å²) < 4.78 is 12.8. The van der Waals surface area contributed by atoms with Gasteiger partial charge in [0.15, 0.2) is 0 Å². The first-order valence-electron chi connectivity index (χ1n) is 6.38. The highest BCUT2D eigenvalue weighted by molar-refractivity contribution is 5.94. The predicted molar refractivity (Wildman–Crippen MR) is 75.9 cm³/mol. The zero-order chi connectivity index (χ0) is 14.5.